The topological polar surface area (TPSA) is 78.8 Å². The molecular weight excluding hydrogens is 372 g/mol. The predicted octanol–water partition coefficient (Wildman–Crippen LogP) is 4.36. The second-order valence-corrected chi connectivity index (χ2v) is 7.36. The van der Waals surface area contributed by atoms with E-state index in [1.165, 1.54) is 11.8 Å². The maximum atomic E-state index is 12.3. The number of benzene rings is 3. The average Bonchev–Trinajstić information content (AvgIpc) is 3.02. The zero-order valence-corrected chi connectivity index (χ0v) is 15.6. The lowest BCUT2D eigenvalue weighted by Crippen LogP contribution is -2.19. The Morgan fingerprint density at radius 3 is 2.54 bits per heavy atom. The molecule has 0 bridgehead atoms. The monoisotopic (exact) mass is 388 g/mol. The van der Waals surface area contributed by atoms with E-state index in [4.69, 9.17) is 5.11 Å². The number of aliphatic imine (C=N–C) groups is 1. The SMILES string of the molecule is O=C(O)Cc1ccc(N=C2NC(=O)/C(=C\c3ccc4ccccc4c3)S2)cc1. The number of carboxylic acids is 1. The number of amides is 1. The van der Waals surface area contributed by atoms with Crippen LogP contribution >= 0.6 is 11.8 Å². The van der Waals surface area contributed by atoms with Crippen LogP contribution in [0.5, 0.6) is 0 Å². The lowest BCUT2D eigenvalue weighted by molar-refractivity contribution is -0.136. The fraction of sp³-hybridized carbons (Fsp3) is 0.0455. The molecule has 2 N–H and O–H groups in total. The standard InChI is InChI=1S/C22H16N2O3S/c25-20(26)13-14-6-9-18(10-7-14)23-22-24-21(27)19(28-22)12-15-5-8-16-3-1-2-4-17(16)11-15/h1-12H,13H2,(H,25,26)(H,23,24,27)/b19-12+. The highest BCUT2D eigenvalue weighted by atomic mass is 32.2. The highest BCUT2D eigenvalue weighted by molar-refractivity contribution is 8.18. The Labute approximate surface area is 165 Å². The number of hydrogen-bond donors (Lipinski definition) is 2. The number of nitrogens with one attached hydrogen (secondary N) is 1. The summed E-state index contributed by atoms with van der Waals surface area (Å²) in [6.07, 6.45) is 1.83. The van der Waals surface area contributed by atoms with Crippen molar-refractivity contribution in [2.45, 2.75) is 6.42 Å². The Morgan fingerprint density at radius 1 is 1.04 bits per heavy atom. The number of carboxylic acid groups (broad SMARTS) is 1. The van der Waals surface area contributed by atoms with Crippen molar-refractivity contribution in [1.82, 2.24) is 5.32 Å². The van der Waals surface area contributed by atoms with Gasteiger partial charge in [0.05, 0.1) is 17.0 Å². The van der Waals surface area contributed by atoms with Crippen LogP contribution in [0.25, 0.3) is 16.8 Å². The third kappa shape index (κ3) is 4.13. The number of carbonyl (C=O) groups is 2. The highest BCUT2D eigenvalue weighted by Crippen LogP contribution is 2.29. The van der Waals surface area contributed by atoms with Crippen LogP contribution in [-0.2, 0) is 16.0 Å². The summed E-state index contributed by atoms with van der Waals surface area (Å²) in [6, 6.07) is 21.1. The molecule has 1 amide bonds. The largest absolute Gasteiger partial charge is 0.481 e. The summed E-state index contributed by atoms with van der Waals surface area (Å²) in [5.74, 6) is -1.06. The van der Waals surface area contributed by atoms with Crippen LogP contribution in [-0.4, -0.2) is 22.2 Å². The maximum Gasteiger partial charge on any atom is 0.307 e. The van der Waals surface area contributed by atoms with Crippen molar-refractivity contribution in [1.29, 1.82) is 0 Å². The Morgan fingerprint density at radius 2 is 1.79 bits per heavy atom. The summed E-state index contributed by atoms with van der Waals surface area (Å²) < 4.78 is 0. The summed E-state index contributed by atoms with van der Waals surface area (Å²) >= 11 is 1.29. The number of nitrogens with zero attached hydrogens (tertiary/aromatic N) is 1. The molecule has 0 saturated carbocycles. The Hall–Kier alpha value is -3.38. The van der Waals surface area contributed by atoms with Gasteiger partial charge in [0.15, 0.2) is 5.17 Å². The van der Waals surface area contributed by atoms with E-state index in [1.807, 2.05) is 42.5 Å². The number of amidine groups is 1. The smallest absolute Gasteiger partial charge is 0.307 e. The quantitative estimate of drug-likeness (QED) is 0.651. The van der Waals surface area contributed by atoms with E-state index in [1.54, 1.807) is 24.3 Å². The van der Waals surface area contributed by atoms with Crippen molar-refractivity contribution in [3.63, 3.8) is 0 Å². The molecule has 0 aliphatic carbocycles. The van der Waals surface area contributed by atoms with Gasteiger partial charge < -0.3 is 10.4 Å². The number of rotatable bonds is 4. The first-order chi connectivity index (χ1) is 13.6. The van der Waals surface area contributed by atoms with Gasteiger partial charge in [-0.2, -0.15) is 0 Å². The van der Waals surface area contributed by atoms with Crippen molar-refractivity contribution < 1.29 is 14.7 Å². The molecule has 28 heavy (non-hydrogen) atoms. The number of hydrogen-bond acceptors (Lipinski definition) is 4. The lowest BCUT2D eigenvalue weighted by Gasteiger charge is -2.00. The average molecular weight is 388 g/mol. The van der Waals surface area contributed by atoms with Gasteiger partial charge in [-0.3, -0.25) is 9.59 Å². The molecule has 3 aromatic carbocycles. The predicted molar refractivity (Wildman–Crippen MR) is 113 cm³/mol. The molecule has 1 aliphatic rings. The van der Waals surface area contributed by atoms with E-state index in [0.717, 1.165) is 16.3 Å². The van der Waals surface area contributed by atoms with Gasteiger partial charge >= 0.3 is 5.97 Å². The van der Waals surface area contributed by atoms with Gasteiger partial charge in [-0.25, -0.2) is 4.99 Å². The number of carbonyl (C=O) groups excluding carboxylic acids is 1. The van der Waals surface area contributed by atoms with Gasteiger partial charge in [-0.15, -0.1) is 0 Å². The minimum absolute atomic E-state index is 0.0268. The molecule has 6 heteroatoms. The van der Waals surface area contributed by atoms with Crippen LogP contribution in [0.1, 0.15) is 11.1 Å². The van der Waals surface area contributed by atoms with Gasteiger partial charge in [0, 0.05) is 0 Å². The molecule has 0 unspecified atom stereocenters. The third-order valence-corrected chi connectivity index (χ3v) is 5.15. The van der Waals surface area contributed by atoms with Crippen molar-refractivity contribution in [2.75, 3.05) is 0 Å². The first kappa shape index (κ1) is 18.0. The first-order valence-electron chi connectivity index (χ1n) is 8.66. The van der Waals surface area contributed by atoms with E-state index >= 15 is 0 Å². The second-order valence-electron chi connectivity index (χ2n) is 6.33. The van der Waals surface area contributed by atoms with Crippen LogP contribution in [0.15, 0.2) is 76.6 Å². The molecule has 0 atom stereocenters. The molecule has 0 radical (unpaired) electrons. The van der Waals surface area contributed by atoms with Crippen LogP contribution in [0.4, 0.5) is 5.69 Å². The van der Waals surface area contributed by atoms with Crippen LogP contribution in [0.2, 0.25) is 0 Å². The zero-order chi connectivity index (χ0) is 19.5. The van der Waals surface area contributed by atoms with Gasteiger partial charge in [-0.1, -0.05) is 48.5 Å². The molecule has 1 saturated heterocycles. The Kier molecular flexibility index (Phi) is 4.95. The molecule has 1 heterocycles. The molecule has 4 rings (SSSR count). The van der Waals surface area contributed by atoms with Crippen LogP contribution < -0.4 is 5.32 Å². The van der Waals surface area contributed by atoms with Crippen molar-refractivity contribution in [2.24, 2.45) is 4.99 Å². The van der Waals surface area contributed by atoms with E-state index in [2.05, 4.69) is 16.4 Å². The Bertz CT molecular complexity index is 1130. The normalized spacial score (nSPS) is 16.6. The van der Waals surface area contributed by atoms with Crippen LogP contribution in [0.3, 0.4) is 0 Å². The van der Waals surface area contributed by atoms with E-state index < -0.39 is 5.97 Å². The zero-order valence-electron chi connectivity index (χ0n) is 14.8. The van der Waals surface area contributed by atoms with E-state index in [-0.39, 0.29) is 12.3 Å². The van der Waals surface area contributed by atoms with Crippen molar-refractivity contribution in [3.05, 3.63) is 82.8 Å². The fourth-order valence-corrected chi connectivity index (χ4v) is 3.75. The summed E-state index contributed by atoms with van der Waals surface area (Å²) in [4.78, 5) is 28.0. The second kappa shape index (κ2) is 7.70. The van der Waals surface area contributed by atoms with Crippen molar-refractivity contribution >= 4 is 51.3 Å². The third-order valence-electron chi connectivity index (χ3n) is 4.24. The number of thioether (sulfide) groups is 1. The molecule has 0 aromatic heterocycles. The highest BCUT2D eigenvalue weighted by Gasteiger charge is 2.23. The lowest BCUT2D eigenvalue weighted by atomic mass is 10.1. The summed E-state index contributed by atoms with van der Waals surface area (Å²) in [7, 11) is 0. The van der Waals surface area contributed by atoms with Crippen molar-refractivity contribution in [3.8, 4) is 0 Å². The molecule has 1 fully saturated rings. The number of fused-ring (bicyclic) bond motifs is 1. The molecule has 0 spiro atoms. The number of aliphatic carboxylic acids is 1. The maximum absolute atomic E-state index is 12.3. The molecule has 138 valence electrons. The van der Waals surface area contributed by atoms with Gasteiger partial charge in [0.25, 0.3) is 5.91 Å². The Balaban J connectivity index is 1.53. The molecular formula is C22H16N2O3S. The minimum atomic E-state index is -0.874. The fourth-order valence-electron chi connectivity index (χ4n) is 2.91. The molecule has 3 aromatic rings. The minimum Gasteiger partial charge on any atom is -0.481 e. The van der Waals surface area contributed by atoms with E-state index in [0.29, 0.717) is 21.3 Å². The molecule has 5 nitrogen and oxygen atoms in total. The van der Waals surface area contributed by atoms with Crippen LogP contribution in [0, 0.1) is 0 Å². The van der Waals surface area contributed by atoms with Gasteiger partial charge in [0.2, 0.25) is 0 Å². The molecule has 1 aliphatic heterocycles. The van der Waals surface area contributed by atoms with E-state index in [9.17, 15) is 9.59 Å². The summed E-state index contributed by atoms with van der Waals surface area (Å²) in [5.41, 5.74) is 2.32. The van der Waals surface area contributed by atoms with Gasteiger partial charge in [-0.05, 0) is 57.9 Å². The summed E-state index contributed by atoms with van der Waals surface area (Å²) in [6.45, 7) is 0. The summed E-state index contributed by atoms with van der Waals surface area (Å²) in [5, 5.41) is 14.4. The first-order valence-corrected chi connectivity index (χ1v) is 9.48. The van der Waals surface area contributed by atoms with Gasteiger partial charge in [0.1, 0.15) is 0 Å².